The molecule has 160 valence electrons. The zero-order valence-electron chi connectivity index (χ0n) is 16.9. The Bertz CT molecular complexity index is 1040. The standard InChI is InChI=1S/C22H27N3O3S2/c26-21(15-24-12-8-20-19(9-13-29-20)22(24)16-6-7-16)23-17-4-3-5-18(14-17)30(27,28)25-10-1-2-11-25/h3-5,9,13-14,16,22H,1-2,6-8,10-12,15H2,(H,23,26). The molecule has 3 aliphatic rings. The van der Waals surface area contributed by atoms with E-state index in [4.69, 9.17) is 0 Å². The van der Waals surface area contributed by atoms with Crippen molar-refractivity contribution in [2.24, 2.45) is 5.92 Å². The van der Waals surface area contributed by atoms with Crippen molar-refractivity contribution >= 4 is 33.0 Å². The van der Waals surface area contributed by atoms with Crippen LogP contribution in [-0.4, -0.2) is 49.7 Å². The lowest BCUT2D eigenvalue weighted by atomic mass is 9.96. The number of carbonyl (C=O) groups excluding carboxylic acids is 1. The zero-order chi connectivity index (χ0) is 20.7. The minimum atomic E-state index is -3.49. The van der Waals surface area contributed by atoms with Gasteiger partial charge in [0.05, 0.1) is 11.4 Å². The predicted octanol–water partition coefficient (Wildman–Crippen LogP) is 3.48. The molecule has 1 atom stereocenters. The molecule has 1 saturated carbocycles. The molecule has 30 heavy (non-hydrogen) atoms. The highest BCUT2D eigenvalue weighted by Crippen LogP contribution is 2.48. The molecule has 1 saturated heterocycles. The second kappa shape index (κ2) is 8.07. The molecule has 1 aliphatic carbocycles. The van der Waals surface area contributed by atoms with Crippen LogP contribution in [0.25, 0.3) is 0 Å². The molecule has 2 fully saturated rings. The van der Waals surface area contributed by atoms with E-state index in [2.05, 4.69) is 21.7 Å². The van der Waals surface area contributed by atoms with E-state index in [1.54, 1.807) is 24.3 Å². The van der Waals surface area contributed by atoms with E-state index in [1.165, 1.54) is 27.6 Å². The highest BCUT2D eigenvalue weighted by molar-refractivity contribution is 7.89. The summed E-state index contributed by atoms with van der Waals surface area (Å²) in [6.07, 6.45) is 5.26. The summed E-state index contributed by atoms with van der Waals surface area (Å²) in [5, 5.41) is 5.09. The Morgan fingerprint density at radius 2 is 1.93 bits per heavy atom. The van der Waals surface area contributed by atoms with E-state index >= 15 is 0 Å². The molecule has 8 heteroatoms. The molecular weight excluding hydrogens is 418 g/mol. The van der Waals surface area contributed by atoms with Gasteiger partial charge in [-0.2, -0.15) is 4.31 Å². The lowest BCUT2D eigenvalue weighted by molar-refractivity contribution is -0.118. The van der Waals surface area contributed by atoms with Gasteiger partial charge in [-0.1, -0.05) is 6.07 Å². The maximum absolute atomic E-state index is 12.8. The summed E-state index contributed by atoms with van der Waals surface area (Å²) in [5.41, 5.74) is 1.94. The van der Waals surface area contributed by atoms with Crippen LogP contribution in [0.5, 0.6) is 0 Å². The number of nitrogens with zero attached hydrogens (tertiary/aromatic N) is 2. The maximum atomic E-state index is 12.8. The van der Waals surface area contributed by atoms with E-state index in [0.717, 1.165) is 25.8 Å². The van der Waals surface area contributed by atoms with Gasteiger partial charge in [0, 0.05) is 36.2 Å². The molecule has 0 spiro atoms. The minimum Gasteiger partial charge on any atom is -0.325 e. The summed E-state index contributed by atoms with van der Waals surface area (Å²) in [5.74, 6) is 0.565. The van der Waals surface area contributed by atoms with E-state index in [0.29, 0.717) is 37.3 Å². The number of hydrogen-bond donors (Lipinski definition) is 1. The number of sulfonamides is 1. The van der Waals surface area contributed by atoms with Crippen LogP contribution in [0.1, 0.15) is 42.2 Å². The maximum Gasteiger partial charge on any atom is 0.243 e. The highest BCUT2D eigenvalue weighted by atomic mass is 32.2. The average molecular weight is 446 g/mol. The molecular formula is C22H27N3O3S2. The van der Waals surface area contributed by atoms with Crippen LogP contribution in [0.4, 0.5) is 5.69 Å². The van der Waals surface area contributed by atoms with E-state index < -0.39 is 10.0 Å². The summed E-state index contributed by atoms with van der Waals surface area (Å²) in [4.78, 5) is 16.8. The van der Waals surface area contributed by atoms with Crippen molar-refractivity contribution in [1.29, 1.82) is 0 Å². The van der Waals surface area contributed by atoms with Crippen molar-refractivity contribution in [2.45, 2.75) is 43.0 Å². The Hall–Kier alpha value is -1.74. The number of amides is 1. The van der Waals surface area contributed by atoms with Crippen molar-refractivity contribution in [3.8, 4) is 0 Å². The molecule has 0 bridgehead atoms. The summed E-state index contributed by atoms with van der Waals surface area (Å²) < 4.78 is 27.2. The Balaban J connectivity index is 1.28. The van der Waals surface area contributed by atoms with E-state index in [1.807, 2.05) is 11.3 Å². The largest absolute Gasteiger partial charge is 0.325 e. The van der Waals surface area contributed by atoms with Crippen LogP contribution in [0.15, 0.2) is 40.6 Å². The lowest BCUT2D eigenvalue weighted by Crippen LogP contribution is -2.41. The van der Waals surface area contributed by atoms with E-state index in [-0.39, 0.29) is 10.8 Å². The summed E-state index contributed by atoms with van der Waals surface area (Å²) in [7, 11) is -3.49. The minimum absolute atomic E-state index is 0.0879. The molecule has 6 nitrogen and oxygen atoms in total. The van der Waals surface area contributed by atoms with Gasteiger partial charge >= 0.3 is 0 Å². The SMILES string of the molecule is O=C(CN1CCc2sccc2C1C1CC1)Nc1cccc(S(=O)(=O)N2CCCC2)c1. The van der Waals surface area contributed by atoms with Crippen molar-refractivity contribution in [3.05, 3.63) is 46.2 Å². The molecule has 0 radical (unpaired) electrons. The van der Waals surface area contributed by atoms with Crippen molar-refractivity contribution in [3.63, 3.8) is 0 Å². The van der Waals surface area contributed by atoms with Gasteiger partial charge in [0.15, 0.2) is 0 Å². The summed E-state index contributed by atoms with van der Waals surface area (Å²) >= 11 is 1.82. The Morgan fingerprint density at radius 1 is 1.13 bits per heavy atom. The van der Waals surface area contributed by atoms with E-state index in [9.17, 15) is 13.2 Å². The highest BCUT2D eigenvalue weighted by Gasteiger charge is 2.40. The van der Waals surface area contributed by atoms with Crippen LogP contribution in [0.3, 0.4) is 0 Å². The number of anilines is 1. The first-order valence-corrected chi connectivity index (χ1v) is 13.0. The van der Waals surface area contributed by atoms with Gasteiger partial charge in [-0.25, -0.2) is 8.42 Å². The van der Waals surface area contributed by atoms with Crippen LogP contribution >= 0.6 is 11.3 Å². The molecule has 3 heterocycles. The second-order valence-corrected chi connectivity index (χ2v) is 11.4. The van der Waals surface area contributed by atoms with Gasteiger partial charge in [-0.3, -0.25) is 9.69 Å². The third-order valence-corrected chi connectivity index (χ3v) is 9.24. The van der Waals surface area contributed by atoms with Crippen molar-refractivity contribution < 1.29 is 13.2 Å². The fraction of sp³-hybridized carbons (Fsp3) is 0.500. The third-order valence-electron chi connectivity index (χ3n) is 6.35. The van der Waals surface area contributed by atoms with Crippen molar-refractivity contribution in [2.75, 3.05) is 31.5 Å². The van der Waals surface area contributed by atoms with Crippen LogP contribution in [0, 0.1) is 5.92 Å². The van der Waals surface area contributed by atoms with Crippen LogP contribution in [-0.2, 0) is 21.2 Å². The fourth-order valence-corrected chi connectivity index (χ4v) is 7.21. The monoisotopic (exact) mass is 445 g/mol. The predicted molar refractivity (Wildman–Crippen MR) is 118 cm³/mol. The summed E-state index contributed by atoms with van der Waals surface area (Å²) in [6, 6.07) is 9.20. The molecule has 1 amide bonds. The smallest absolute Gasteiger partial charge is 0.243 e. The quantitative estimate of drug-likeness (QED) is 0.739. The number of fused-ring (bicyclic) bond motifs is 1. The number of benzene rings is 1. The third kappa shape index (κ3) is 3.93. The van der Waals surface area contributed by atoms with Gasteiger partial charge in [0.25, 0.3) is 0 Å². The number of carbonyl (C=O) groups is 1. The average Bonchev–Trinajstić information content (AvgIpc) is 3.20. The van der Waals surface area contributed by atoms with Crippen LogP contribution in [0.2, 0.25) is 0 Å². The van der Waals surface area contributed by atoms with Gasteiger partial charge < -0.3 is 5.32 Å². The topological polar surface area (TPSA) is 69.7 Å². The van der Waals surface area contributed by atoms with Gasteiger partial charge in [0.2, 0.25) is 15.9 Å². The molecule has 5 rings (SSSR count). The molecule has 1 unspecified atom stereocenters. The first kappa shape index (κ1) is 20.2. The fourth-order valence-electron chi connectivity index (χ4n) is 4.74. The van der Waals surface area contributed by atoms with Gasteiger partial charge in [0.1, 0.15) is 0 Å². The number of thiophene rings is 1. The Labute approximate surface area is 181 Å². The van der Waals surface area contributed by atoms with Crippen LogP contribution < -0.4 is 5.32 Å². The zero-order valence-corrected chi connectivity index (χ0v) is 18.6. The number of nitrogens with one attached hydrogen (secondary N) is 1. The number of rotatable bonds is 6. The van der Waals surface area contributed by atoms with Crippen molar-refractivity contribution in [1.82, 2.24) is 9.21 Å². The molecule has 1 aromatic heterocycles. The first-order chi connectivity index (χ1) is 14.5. The molecule has 1 aromatic carbocycles. The van der Waals surface area contributed by atoms with Gasteiger partial charge in [-0.15, -0.1) is 11.3 Å². The van der Waals surface area contributed by atoms with Gasteiger partial charge in [-0.05, 0) is 73.2 Å². The summed E-state index contributed by atoms with van der Waals surface area (Å²) in [6.45, 7) is 2.37. The second-order valence-electron chi connectivity index (χ2n) is 8.49. The molecule has 1 N–H and O–H groups in total. The first-order valence-electron chi connectivity index (χ1n) is 10.7. The Kier molecular flexibility index (Phi) is 5.43. The Morgan fingerprint density at radius 3 is 2.70 bits per heavy atom. The molecule has 2 aromatic rings. The number of hydrogen-bond acceptors (Lipinski definition) is 5. The normalized spacial score (nSPS) is 22.7. The molecule has 2 aliphatic heterocycles. The lowest BCUT2D eigenvalue weighted by Gasteiger charge is -2.35.